The molecule has 122 valence electrons. The van der Waals surface area contributed by atoms with Crippen molar-refractivity contribution in [2.75, 3.05) is 5.32 Å². The van der Waals surface area contributed by atoms with Crippen molar-refractivity contribution in [1.29, 1.82) is 0 Å². The molecule has 0 aliphatic rings. The Morgan fingerprint density at radius 3 is 2.35 bits per heavy atom. The molecule has 1 aromatic heterocycles. The van der Waals surface area contributed by atoms with Crippen molar-refractivity contribution >= 4 is 17.5 Å². The number of amides is 2. The van der Waals surface area contributed by atoms with E-state index in [2.05, 4.69) is 15.7 Å². The minimum atomic E-state index is -0.103. The second-order valence-electron chi connectivity index (χ2n) is 5.60. The van der Waals surface area contributed by atoms with E-state index in [0.717, 1.165) is 28.2 Å². The number of rotatable bonds is 5. The first-order chi connectivity index (χ1) is 10.9. The Bertz CT molecular complexity index is 717. The van der Waals surface area contributed by atoms with Gasteiger partial charge in [-0.15, -0.1) is 0 Å². The van der Waals surface area contributed by atoms with Crippen LogP contribution in [-0.2, 0) is 29.6 Å². The fourth-order valence-electron chi connectivity index (χ4n) is 2.41. The van der Waals surface area contributed by atoms with Crippen molar-refractivity contribution in [3.05, 3.63) is 46.8 Å². The molecule has 23 heavy (non-hydrogen) atoms. The van der Waals surface area contributed by atoms with E-state index in [1.807, 2.05) is 45.2 Å². The molecule has 1 aromatic carbocycles. The number of benzene rings is 1. The van der Waals surface area contributed by atoms with Crippen LogP contribution in [0.3, 0.4) is 0 Å². The quantitative estimate of drug-likeness (QED) is 0.884. The normalized spacial score (nSPS) is 10.4. The van der Waals surface area contributed by atoms with Gasteiger partial charge in [-0.1, -0.05) is 12.1 Å². The highest BCUT2D eigenvalue weighted by Crippen LogP contribution is 2.13. The number of hydrogen-bond donors (Lipinski definition) is 2. The van der Waals surface area contributed by atoms with Gasteiger partial charge in [-0.25, -0.2) is 0 Å². The van der Waals surface area contributed by atoms with Crippen molar-refractivity contribution in [2.24, 2.45) is 7.05 Å². The minimum Gasteiger partial charge on any atom is -0.352 e. The predicted octanol–water partition coefficient (Wildman–Crippen LogP) is 1.85. The highest BCUT2D eigenvalue weighted by Gasteiger charge is 2.13. The van der Waals surface area contributed by atoms with Crippen LogP contribution in [0.15, 0.2) is 24.3 Å². The fraction of sp³-hybridized carbons (Fsp3) is 0.353. The summed E-state index contributed by atoms with van der Waals surface area (Å²) in [4.78, 5) is 23.1. The van der Waals surface area contributed by atoms with Gasteiger partial charge in [0.2, 0.25) is 11.8 Å². The summed E-state index contributed by atoms with van der Waals surface area (Å²) in [7, 11) is 1.88. The molecular formula is C17H22N4O2. The number of anilines is 1. The van der Waals surface area contributed by atoms with E-state index in [9.17, 15) is 9.59 Å². The second kappa shape index (κ2) is 7.09. The van der Waals surface area contributed by atoms with Crippen LogP contribution < -0.4 is 10.6 Å². The third-order valence-electron chi connectivity index (χ3n) is 3.76. The van der Waals surface area contributed by atoms with Gasteiger partial charge in [0.05, 0.1) is 12.1 Å². The molecule has 0 saturated carbocycles. The lowest BCUT2D eigenvalue weighted by Crippen LogP contribution is -2.25. The molecular weight excluding hydrogens is 292 g/mol. The zero-order valence-electron chi connectivity index (χ0n) is 13.9. The number of nitrogens with one attached hydrogen (secondary N) is 2. The number of aryl methyl sites for hydroxylation is 2. The maximum Gasteiger partial charge on any atom is 0.224 e. The smallest absolute Gasteiger partial charge is 0.224 e. The standard InChI is InChI=1S/C17H22N4O2/c1-11-16(12(2)21(4)20-11)9-17(23)18-10-14-5-7-15(8-6-14)19-13(3)22/h5-8H,9-10H2,1-4H3,(H,18,23)(H,19,22). The third kappa shape index (κ3) is 4.42. The summed E-state index contributed by atoms with van der Waals surface area (Å²) in [5.41, 5.74) is 4.60. The second-order valence-corrected chi connectivity index (χ2v) is 5.60. The Labute approximate surface area is 135 Å². The van der Waals surface area contributed by atoms with Gasteiger partial charge in [0.25, 0.3) is 0 Å². The Balaban J connectivity index is 1.90. The molecule has 0 saturated heterocycles. The van der Waals surface area contributed by atoms with Crippen LogP contribution in [-0.4, -0.2) is 21.6 Å². The zero-order valence-corrected chi connectivity index (χ0v) is 13.9. The van der Waals surface area contributed by atoms with Crippen molar-refractivity contribution in [2.45, 2.75) is 33.7 Å². The molecule has 2 amide bonds. The van der Waals surface area contributed by atoms with E-state index >= 15 is 0 Å². The van der Waals surface area contributed by atoms with Gasteiger partial charge < -0.3 is 10.6 Å². The van der Waals surface area contributed by atoms with Crippen molar-refractivity contribution in [1.82, 2.24) is 15.1 Å². The summed E-state index contributed by atoms with van der Waals surface area (Å²) in [5.74, 6) is -0.136. The minimum absolute atomic E-state index is 0.0323. The monoisotopic (exact) mass is 314 g/mol. The molecule has 0 bridgehead atoms. The lowest BCUT2D eigenvalue weighted by Gasteiger charge is -2.07. The molecule has 6 nitrogen and oxygen atoms in total. The summed E-state index contributed by atoms with van der Waals surface area (Å²) < 4.78 is 1.79. The van der Waals surface area contributed by atoms with Gasteiger partial charge in [-0.2, -0.15) is 5.10 Å². The lowest BCUT2D eigenvalue weighted by atomic mass is 10.1. The maximum atomic E-state index is 12.1. The van der Waals surface area contributed by atoms with Gasteiger partial charge in [0, 0.05) is 37.5 Å². The highest BCUT2D eigenvalue weighted by atomic mass is 16.2. The van der Waals surface area contributed by atoms with Crippen LogP contribution in [0.1, 0.15) is 29.4 Å². The van der Waals surface area contributed by atoms with E-state index in [1.165, 1.54) is 6.92 Å². The molecule has 1 heterocycles. The van der Waals surface area contributed by atoms with E-state index < -0.39 is 0 Å². The van der Waals surface area contributed by atoms with Crippen molar-refractivity contribution in [3.63, 3.8) is 0 Å². The Kier molecular flexibility index (Phi) is 5.16. The first kappa shape index (κ1) is 16.7. The summed E-state index contributed by atoms with van der Waals surface area (Å²) in [5, 5.41) is 9.93. The van der Waals surface area contributed by atoms with Gasteiger partial charge in [-0.05, 0) is 31.5 Å². The molecule has 0 aliphatic carbocycles. The molecule has 0 fully saturated rings. The number of carbonyl (C=O) groups is 2. The first-order valence-electron chi connectivity index (χ1n) is 7.49. The van der Waals surface area contributed by atoms with E-state index in [-0.39, 0.29) is 11.8 Å². The molecule has 0 spiro atoms. The fourth-order valence-corrected chi connectivity index (χ4v) is 2.41. The topological polar surface area (TPSA) is 76.0 Å². The number of carbonyl (C=O) groups excluding carboxylic acids is 2. The van der Waals surface area contributed by atoms with Gasteiger partial charge >= 0.3 is 0 Å². The molecule has 0 aliphatic heterocycles. The summed E-state index contributed by atoms with van der Waals surface area (Å²) in [6.45, 7) is 5.80. The molecule has 0 unspecified atom stereocenters. The zero-order chi connectivity index (χ0) is 17.0. The summed E-state index contributed by atoms with van der Waals surface area (Å²) in [6.07, 6.45) is 0.329. The van der Waals surface area contributed by atoms with E-state index in [1.54, 1.807) is 4.68 Å². The lowest BCUT2D eigenvalue weighted by molar-refractivity contribution is -0.120. The van der Waals surface area contributed by atoms with Crippen LogP contribution in [0.4, 0.5) is 5.69 Å². The van der Waals surface area contributed by atoms with Gasteiger partial charge in [0.1, 0.15) is 0 Å². The molecule has 2 rings (SSSR count). The van der Waals surface area contributed by atoms with E-state index in [4.69, 9.17) is 0 Å². The van der Waals surface area contributed by atoms with Crippen LogP contribution in [0.2, 0.25) is 0 Å². The molecule has 6 heteroatoms. The Morgan fingerprint density at radius 2 is 1.83 bits per heavy atom. The van der Waals surface area contributed by atoms with Crippen molar-refractivity contribution in [3.8, 4) is 0 Å². The molecule has 2 N–H and O–H groups in total. The third-order valence-corrected chi connectivity index (χ3v) is 3.76. The maximum absolute atomic E-state index is 12.1. The average Bonchev–Trinajstić information content (AvgIpc) is 2.72. The number of aromatic nitrogens is 2. The Morgan fingerprint density at radius 1 is 1.17 bits per heavy atom. The molecule has 0 radical (unpaired) electrons. The van der Waals surface area contributed by atoms with Gasteiger partial charge in [0.15, 0.2) is 0 Å². The SMILES string of the molecule is CC(=O)Nc1ccc(CNC(=O)Cc2c(C)nn(C)c2C)cc1. The van der Waals surface area contributed by atoms with Crippen LogP contribution >= 0.6 is 0 Å². The van der Waals surface area contributed by atoms with Crippen molar-refractivity contribution < 1.29 is 9.59 Å². The first-order valence-corrected chi connectivity index (χ1v) is 7.49. The predicted molar refractivity (Wildman–Crippen MR) is 89.0 cm³/mol. The summed E-state index contributed by atoms with van der Waals surface area (Å²) >= 11 is 0. The number of nitrogens with zero attached hydrogens (tertiary/aromatic N) is 2. The molecule has 2 aromatic rings. The molecule has 0 atom stereocenters. The highest BCUT2D eigenvalue weighted by molar-refractivity contribution is 5.88. The van der Waals surface area contributed by atoms with Crippen LogP contribution in [0.25, 0.3) is 0 Å². The summed E-state index contributed by atoms with van der Waals surface area (Å²) in [6, 6.07) is 7.40. The van der Waals surface area contributed by atoms with Crippen LogP contribution in [0.5, 0.6) is 0 Å². The van der Waals surface area contributed by atoms with Gasteiger partial charge in [-0.3, -0.25) is 14.3 Å². The van der Waals surface area contributed by atoms with Crippen LogP contribution in [0, 0.1) is 13.8 Å². The van der Waals surface area contributed by atoms with E-state index in [0.29, 0.717) is 13.0 Å². The average molecular weight is 314 g/mol. The largest absolute Gasteiger partial charge is 0.352 e. The Hall–Kier alpha value is -2.63. The number of hydrogen-bond acceptors (Lipinski definition) is 3.